The fraction of sp³-hybridized carbons (Fsp3) is 0.185. The minimum atomic E-state index is -0.586. The first kappa shape index (κ1) is 23.0. The molecule has 2 heterocycles. The third kappa shape index (κ3) is 4.04. The molecule has 0 N–H and O–H groups in total. The smallest absolute Gasteiger partial charge is 0.316 e. The quantitative estimate of drug-likeness (QED) is 0.273. The van der Waals surface area contributed by atoms with Crippen molar-refractivity contribution in [1.82, 2.24) is 0 Å². The molecule has 2 aliphatic heterocycles. The highest BCUT2D eigenvalue weighted by molar-refractivity contribution is 9.10. The number of carbonyl (C=O) groups excluding carboxylic acids is 4. The first-order valence-electron chi connectivity index (χ1n) is 11.1. The average molecular weight is 533 g/mol. The summed E-state index contributed by atoms with van der Waals surface area (Å²) in [5.74, 6) is -1.71. The molecule has 0 saturated carbocycles. The fourth-order valence-electron chi connectivity index (χ4n) is 4.54. The van der Waals surface area contributed by atoms with Crippen LogP contribution in [0.15, 0.2) is 65.1 Å². The van der Waals surface area contributed by atoms with Crippen LogP contribution >= 0.6 is 15.9 Å². The topological polar surface area (TPSA) is 84.0 Å². The maximum absolute atomic E-state index is 12.9. The molecule has 1 fully saturated rings. The lowest BCUT2D eigenvalue weighted by Gasteiger charge is -2.19. The maximum atomic E-state index is 12.9. The number of esters is 1. The van der Waals surface area contributed by atoms with Crippen LogP contribution in [0.25, 0.3) is 0 Å². The van der Waals surface area contributed by atoms with Gasteiger partial charge in [-0.1, -0.05) is 34.1 Å². The van der Waals surface area contributed by atoms with Gasteiger partial charge in [0.1, 0.15) is 5.75 Å². The number of rotatable bonds is 4. The van der Waals surface area contributed by atoms with Gasteiger partial charge in [0.05, 0.1) is 22.7 Å². The summed E-state index contributed by atoms with van der Waals surface area (Å²) in [4.78, 5) is 53.9. The van der Waals surface area contributed by atoms with E-state index in [1.807, 2.05) is 31.2 Å². The van der Waals surface area contributed by atoms with Crippen molar-refractivity contribution in [2.75, 3.05) is 16.3 Å². The molecule has 35 heavy (non-hydrogen) atoms. The molecule has 7 nitrogen and oxygen atoms in total. The fourth-order valence-corrected chi connectivity index (χ4v) is 4.90. The summed E-state index contributed by atoms with van der Waals surface area (Å²) >= 11 is 3.33. The van der Waals surface area contributed by atoms with Crippen molar-refractivity contribution in [3.63, 3.8) is 0 Å². The summed E-state index contributed by atoms with van der Waals surface area (Å²) in [6, 6.07) is 17.3. The zero-order valence-electron chi connectivity index (χ0n) is 19.1. The molecule has 5 rings (SSSR count). The van der Waals surface area contributed by atoms with Gasteiger partial charge in [0.25, 0.3) is 11.8 Å². The Hall–Kier alpha value is -3.78. The first-order chi connectivity index (χ1) is 16.7. The van der Waals surface area contributed by atoms with E-state index in [1.165, 1.54) is 0 Å². The van der Waals surface area contributed by atoms with E-state index in [9.17, 15) is 19.2 Å². The summed E-state index contributed by atoms with van der Waals surface area (Å²) < 4.78 is 6.29. The molecule has 0 aliphatic carbocycles. The van der Waals surface area contributed by atoms with Crippen molar-refractivity contribution in [1.29, 1.82) is 0 Å². The van der Waals surface area contributed by atoms with Crippen molar-refractivity contribution in [3.05, 3.63) is 87.4 Å². The van der Waals surface area contributed by atoms with E-state index in [0.29, 0.717) is 26.9 Å². The minimum Gasteiger partial charge on any atom is -0.426 e. The molecule has 3 amide bonds. The number of ether oxygens (including phenoxy) is 1. The molecular formula is C27H21BrN2O5. The van der Waals surface area contributed by atoms with Crippen LogP contribution < -0.4 is 14.5 Å². The van der Waals surface area contributed by atoms with Gasteiger partial charge < -0.3 is 9.64 Å². The summed E-state index contributed by atoms with van der Waals surface area (Å²) in [5, 5.41) is 0. The molecule has 176 valence electrons. The summed E-state index contributed by atoms with van der Waals surface area (Å²) in [5.41, 5.74) is 3.46. The maximum Gasteiger partial charge on any atom is 0.316 e. The van der Waals surface area contributed by atoms with Gasteiger partial charge in [-0.2, -0.15) is 0 Å². The van der Waals surface area contributed by atoms with E-state index >= 15 is 0 Å². The Labute approximate surface area is 210 Å². The Bertz CT molecular complexity index is 1420. The number of hydrogen-bond acceptors (Lipinski definition) is 5. The highest BCUT2D eigenvalue weighted by atomic mass is 79.9. The Morgan fingerprint density at radius 2 is 1.63 bits per heavy atom. The van der Waals surface area contributed by atoms with Gasteiger partial charge in [0, 0.05) is 23.1 Å². The number of carbonyl (C=O) groups is 4. The van der Waals surface area contributed by atoms with Crippen LogP contribution in [0.2, 0.25) is 0 Å². The standard InChI is InChI=1S/C27H21BrN2O5/c1-15-5-3-4-6-22(15)29-14-17(12-24(29)31)27(34)35-19-8-10-23(16(2)11-19)30-25(32)20-9-7-18(28)13-21(20)26(30)33/h3-11,13,17H,12,14H2,1-2H3/t17-/m1/s1. The summed E-state index contributed by atoms with van der Waals surface area (Å²) in [7, 11) is 0. The average Bonchev–Trinajstić information content (AvgIpc) is 3.32. The van der Waals surface area contributed by atoms with E-state index in [2.05, 4.69) is 15.9 Å². The van der Waals surface area contributed by atoms with Gasteiger partial charge in [0.2, 0.25) is 5.91 Å². The molecule has 8 heteroatoms. The number of imide groups is 1. The van der Waals surface area contributed by atoms with E-state index < -0.39 is 23.7 Å². The molecular weight excluding hydrogens is 512 g/mol. The number of halogens is 1. The molecule has 3 aromatic carbocycles. The van der Waals surface area contributed by atoms with Gasteiger partial charge in [-0.3, -0.25) is 19.2 Å². The van der Waals surface area contributed by atoms with Crippen LogP contribution in [-0.4, -0.2) is 30.2 Å². The van der Waals surface area contributed by atoms with Crippen LogP contribution in [0.4, 0.5) is 11.4 Å². The number of hydrogen-bond donors (Lipinski definition) is 0. The van der Waals surface area contributed by atoms with E-state index in [-0.39, 0.29) is 24.6 Å². The van der Waals surface area contributed by atoms with Crippen molar-refractivity contribution in [2.24, 2.45) is 5.92 Å². The molecule has 2 aliphatic rings. The Morgan fingerprint density at radius 1 is 0.886 bits per heavy atom. The van der Waals surface area contributed by atoms with E-state index in [4.69, 9.17) is 4.74 Å². The van der Waals surface area contributed by atoms with Gasteiger partial charge >= 0.3 is 5.97 Å². The van der Waals surface area contributed by atoms with Crippen LogP contribution in [0.1, 0.15) is 38.3 Å². The van der Waals surface area contributed by atoms with E-state index in [1.54, 1.807) is 48.2 Å². The highest BCUT2D eigenvalue weighted by Crippen LogP contribution is 2.34. The Kier molecular flexibility index (Phi) is 5.76. The number of nitrogens with zero attached hydrogens (tertiary/aromatic N) is 2. The molecule has 0 radical (unpaired) electrons. The lowest BCUT2D eigenvalue weighted by atomic mass is 10.1. The SMILES string of the molecule is Cc1ccccc1N1C[C@H](C(=O)Oc2ccc(N3C(=O)c4ccc(Br)cc4C3=O)c(C)c2)CC1=O. The molecule has 0 spiro atoms. The van der Waals surface area contributed by atoms with Crippen molar-refractivity contribution < 1.29 is 23.9 Å². The third-order valence-corrected chi connectivity index (χ3v) is 6.83. The van der Waals surface area contributed by atoms with Crippen LogP contribution in [-0.2, 0) is 9.59 Å². The summed E-state index contributed by atoms with van der Waals surface area (Å²) in [6.45, 7) is 3.92. The number of aryl methyl sites for hydroxylation is 2. The van der Waals surface area contributed by atoms with Crippen LogP contribution in [0, 0.1) is 19.8 Å². The normalized spacial score (nSPS) is 17.2. The largest absolute Gasteiger partial charge is 0.426 e. The van der Waals surface area contributed by atoms with Crippen molar-refractivity contribution in [2.45, 2.75) is 20.3 Å². The van der Waals surface area contributed by atoms with Gasteiger partial charge in [-0.15, -0.1) is 0 Å². The monoisotopic (exact) mass is 532 g/mol. The Balaban J connectivity index is 1.31. The van der Waals surface area contributed by atoms with Gasteiger partial charge in [-0.25, -0.2) is 4.90 Å². The van der Waals surface area contributed by atoms with Gasteiger partial charge in [-0.05, 0) is 67.4 Å². The molecule has 3 aromatic rings. The lowest BCUT2D eigenvalue weighted by Crippen LogP contribution is -2.30. The van der Waals surface area contributed by atoms with Crippen LogP contribution in [0.5, 0.6) is 5.75 Å². The predicted molar refractivity (Wildman–Crippen MR) is 134 cm³/mol. The number of amides is 3. The first-order valence-corrected chi connectivity index (χ1v) is 11.9. The van der Waals surface area contributed by atoms with Crippen LogP contribution in [0.3, 0.4) is 0 Å². The molecule has 0 bridgehead atoms. The molecule has 1 saturated heterocycles. The second-order valence-electron chi connectivity index (χ2n) is 8.70. The second-order valence-corrected chi connectivity index (χ2v) is 9.61. The highest BCUT2D eigenvalue weighted by Gasteiger charge is 2.38. The zero-order chi connectivity index (χ0) is 24.9. The van der Waals surface area contributed by atoms with Gasteiger partial charge in [0.15, 0.2) is 0 Å². The van der Waals surface area contributed by atoms with Crippen molar-refractivity contribution >= 4 is 51.0 Å². The second kappa shape index (κ2) is 8.78. The summed E-state index contributed by atoms with van der Waals surface area (Å²) in [6.07, 6.45) is 0.0782. The third-order valence-electron chi connectivity index (χ3n) is 6.34. The minimum absolute atomic E-state index is 0.0782. The number of fused-ring (bicyclic) bond motifs is 1. The van der Waals surface area contributed by atoms with E-state index in [0.717, 1.165) is 16.2 Å². The van der Waals surface area contributed by atoms with Crippen molar-refractivity contribution in [3.8, 4) is 5.75 Å². The molecule has 1 atom stereocenters. The predicted octanol–water partition coefficient (Wildman–Crippen LogP) is 4.83. The zero-order valence-corrected chi connectivity index (χ0v) is 20.7. The number of anilines is 2. The molecule has 0 aromatic heterocycles. The Morgan fingerprint density at radius 3 is 2.37 bits per heavy atom. The number of benzene rings is 3. The lowest BCUT2D eigenvalue weighted by molar-refractivity contribution is -0.139. The number of para-hydroxylation sites is 1. The molecule has 0 unspecified atom stereocenters.